The van der Waals surface area contributed by atoms with Gasteiger partial charge in [0.15, 0.2) is 16.6 Å². The normalized spacial score (nSPS) is 19.4. The highest BCUT2D eigenvalue weighted by molar-refractivity contribution is 7.22. The molecule has 4 aromatic rings. The Morgan fingerprint density at radius 1 is 1.05 bits per heavy atom. The number of ether oxygens (including phenoxy) is 4. The molecular weight excluding hydrogens is 551 g/mol. The molecule has 210 valence electrons. The molecule has 1 fully saturated rings. The van der Waals surface area contributed by atoms with E-state index in [1.54, 1.807) is 30.3 Å². The lowest BCUT2D eigenvalue weighted by Gasteiger charge is -2.24. The van der Waals surface area contributed by atoms with Gasteiger partial charge in [0.05, 0.1) is 43.2 Å². The van der Waals surface area contributed by atoms with Crippen LogP contribution in [0, 0.1) is 5.82 Å². The van der Waals surface area contributed by atoms with E-state index in [0.717, 1.165) is 16.9 Å². The lowest BCUT2D eigenvalue weighted by Crippen LogP contribution is -2.29. The number of benzene rings is 3. The largest absolute Gasteiger partial charge is 0.507 e. The molecule has 6 rings (SSSR count). The molecule has 0 radical (unpaired) electrons. The van der Waals surface area contributed by atoms with Crippen LogP contribution in [0.15, 0.2) is 54.1 Å². The number of amides is 1. The Morgan fingerprint density at radius 3 is 2.46 bits per heavy atom. The van der Waals surface area contributed by atoms with Crippen LogP contribution in [-0.4, -0.2) is 49.2 Å². The van der Waals surface area contributed by atoms with Crippen molar-refractivity contribution >= 4 is 44.1 Å². The first-order valence-corrected chi connectivity index (χ1v) is 13.5. The third-order valence-electron chi connectivity index (χ3n) is 7.16. The number of nitrogens with zero attached hydrogens (tertiary/aromatic N) is 2. The van der Waals surface area contributed by atoms with Gasteiger partial charge in [-0.25, -0.2) is 9.37 Å². The second kappa shape index (κ2) is 10.1. The van der Waals surface area contributed by atoms with Crippen molar-refractivity contribution in [2.24, 2.45) is 0 Å². The van der Waals surface area contributed by atoms with Gasteiger partial charge in [0.25, 0.3) is 5.78 Å². The Hall–Kier alpha value is -4.64. The van der Waals surface area contributed by atoms with E-state index >= 15 is 0 Å². The first-order valence-electron chi connectivity index (χ1n) is 12.7. The minimum atomic E-state index is -1.11. The Kier molecular flexibility index (Phi) is 6.53. The Morgan fingerprint density at radius 2 is 1.78 bits per heavy atom. The van der Waals surface area contributed by atoms with E-state index in [9.17, 15) is 19.1 Å². The minimum absolute atomic E-state index is 0.0175. The Bertz CT molecular complexity index is 1740. The summed E-state index contributed by atoms with van der Waals surface area (Å²) in [5.41, 5.74) is 1.98. The molecule has 2 aliphatic rings. The molecule has 3 heterocycles. The number of anilines is 1. The number of hydrogen-bond donors (Lipinski definition) is 1. The first kappa shape index (κ1) is 26.6. The van der Waals surface area contributed by atoms with Crippen LogP contribution >= 0.6 is 11.3 Å². The number of thiazole rings is 1. The van der Waals surface area contributed by atoms with Crippen molar-refractivity contribution in [1.29, 1.82) is 0 Å². The zero-order chi connectivity index (χ0) is 29.0. The smallest absolute Gasteiger partial charge is 0.301 e. The fraction of sp³-hybridized carbons (Fsp3) is 0.233. The van der Waals surface area contributed by atoms with E-state index < -0.39 is 23.5 Å². The van der Waals surface area contributed by atoms with Crippen LogP contribution in [0.3, 0.4) is 0 Å². The number of aliphatic hydroxyl groups is 1. The number of carbonyl (C=O) groups is 2. The molecule has 2 aliphatic heterocycles. The zero-order valence-corrected chi connectivity index (χ0v) is 23.4. The quantitative estimate of drug-likeness (QED) is 0.185. The standard InChI is InChI=1S/C30H25FN2O7S/c1-14-9-16-10-15(5-8-20(16)40-14)26(34)24-25(17-11-21(37-2)28(39-4)22(12-17)38-3)33(29(36)27(24)35)30-32-19-7-6-18(31)13-23(19)41-30/h5-8,10-14,25,34H,9H2,1-4H3/t14-,25-/m0/s1. The second-order valence-corrected chi connectivity index (χ2v) is 10.7. The number of aromatic nitrogens is 1. The van der Waals surface area contributed by atoms with E-state index in [4.69, 9.17) is 18.9 Å². The number of methoxy groups -OCH3 is 3. The van der Waals surface area contributed by atoms with Crippen molar-refractivity contribution in [3.8, 4) is 23.0 Å². The third kappa shape index (κ3) is 4.33. The number of ketones is 1. The molecule has 3 aromatic carbocycles. The van der Waals surface area contributed by atoms with Crippen LogP contribution in [0.1, 0.15) is 29.7 Å². The number of Topliss-reactive ketones (excluding diaryl/α,β-unsaturated/α-hetero) is 1. The van der Waals surface area contributed by atoms with Gasteiger partial charge in [-0.05, 0) is 66.6 Å². The monoisotopic (exact) mass is 576 g/mol. The summed E-state index contributed by atoms with van der Waals surface area (Å²) in [5, 5.41) is 11.8. The number of aliphatic hydroxyl groups excluding tert-OH is 1. The lowest BCUT2D eigenvalue weighted by atomic mass is 9.94. The summed E-state index contributed by atoms with van der Waals surface area (Å²) >= 11 is 1.06. The van der Waals surface area contributed by atoms with Gasteiger partial charge in [-0.15, -0.1) is 0 Å². The molecule has 41 heavy (non-hydrogen) atoms. The SMILES string of the molecule is COc1cc([C@H]2C(=C(O)c3ccc4c(c3)C[C@H](C)O4)C(=O)C(=O)N2c2nc3ccc(F)cc3s2)cc(OC)c1OC. The van der Waals surface area contributed by atoms with Crippen LogP contribution in [0.5, 0.6) is 23.0 Å². The lowest BCUT2D eigenvalue weighted by molar-refractivity contribution is -0.132. The summed E-state index contributed by atoms with van der Waals surface area (Å²) in [6.45, 7) is 1.94. The highest BCUT2D eigenvalue weighted by atomic mass is 32.1. The van der Waals surface area contributed by atoms with Crippen molar-refractivity contribution in [1.82, 2.24) is 4.98 Å². The summed E-state index contributed by atoms with van der Waals surface area (Å²) in [7, 11) is 4.37. The molecule has 2 atom stereocenters. The predicted molar refractivity (Wildman–Crippen MR) is 151 cm³/mol. The molecule has 0 spiro atoms. The Labute approximate surface area is 238 Å². The number of carbonyl (C=O) groups excluding carboxylic acids is 2. The molecule has 0 saturated carbocycles. The van der Waals surface area contributed by atoms with Gasteiger partial charge in [0.2, 0.25) is 5.75 Å². The van der Waals surface area contributed by atoms with Gasteiger partial charge in [-0.1, -0.05) is 11.3 Å². The molecule has 0 bridgehead atoms. The van der Waals surface area contributed by atoms with Crippen molar-refractivity contribution < 1.29 is 38.0 Å². The number of rotatable bonds is 6. The molecule has 11 heteroatoms. The van der Waals surface area contributed by atoms with E-state index in [2.05, 4.69) is 4.98 Å². The molecule has 1 amide bonds. The fourth-order valence-corrected chi connectivity index (χ4v) is 6.34. The summed E-state index contributed by atoms with van der Waals surface area (Å²) in [5.74, 6) is -0.967. The molecular formula is C30H25FN2O7S. The number of fused-ring (bicyclic) bond motifs is 2. The average molecular weight is 577 g/mol. The maximum Gasteiger partial charge on any atom is 0.301 e. The highest BCUT2D eigenvalue weighted by Crippen LogP contribution is 2.48. The van der Waals surface area contributed by atoms with Crippen LogP contribution in [0.25, 0.3) is 16.0 Å². The van der Waals surface area contributed by atoms with Crippen LogP contribution in [0.2, 0.25) is 0 Å². The second-order valence-electron chi connectivity index (χ2n) is 9.69. The predicted octanol–water partition coefficient (Wildman–Crippen LogP) is 5.41. The van der Waals surface area contributed by atoms with Crippen molar-refractivity contribution in [3.05, 3.63) is 76.6 Å². The number of hydrogen-bond acceptors (Lipinski definition) is 9. The van der Waals surface area contributed by atoms with Gasteiger partial charge in [0, 0.05) is 12.0 Å². The Balaban J connectivity index is 1.59. The van der Waals surface area contributed by atoms with E-state index in [1.165, 1.54) is 44.4 Å². The highest BCUT2D eigenvalue weighted by Gasteiger charge is 2.48. The summed E-state index contributed by atoms with van der Waals surface area (Å²) < 4.78 is 36.8. The van der Waals surface area contributed by atoms with Crippen LogP contribution in [-0.2, 0) is 16.0 Å². The molecule has 1 N–H and O–H groups in total. The first-order chi connectivity index (χ1) is 19.7. The third-order valence-corrected chi connectivity index (χ3v) is 8.18. The molecule has 1 aromatic heterocycles. The van der Waals surface area contributed by atoms with Crippen LogP contribution < -0.4 is 23.8 Å². The van der Waals surface area contributed by atoms with Gasteiger partial charge in [-0.3, -0.25) is 14.5 Å². The van der Waals surface area contributed by atoms with Gasteiger partial charge in [0.1, 0.15) is 23.4 Å². The molecule has 0 aliphatic carbocycles. The number of halogens is 1. The topological polar surface area (TPSA) is 107 Å². The van der Waals surface area contributed by atoms with Crippen LogP contribution in [0.4, 0.5) is 9.52 Å². The average Bonchev–Trinajstić information content (AvgIpc) is 3.63. The maximum atomic E-state index is 14.0. The zero-order valence-electron chi connectivity index (χ0n) is 22.6. The van der Waals surface area contributed by atoms with Crippen molar-refractivity contribution in [2.45, 2.75) is 25.5 Å². The van der Waals surface area contributed by atoms with E-state index in [1.807, 2.05) is 6.92 Å². The maximum absolute atomic E-state index is 14.0. The molecule has 0 unspecified atom stereocenters. The van der Waals surface area contributed by atoms with Gasteiger partial charge >= 0.3 is 5.91 Å². The summed E-state index contributed by atoms with van der Waals surface area (Å²) in [4.78, 5) is 33.1. The fourth-order valence-electron chi connectivity index (χ4n) is 5.32. The summed E-state index contributed by atoms with van der Waals surface area (Å²) in [6, 6.07) is 11.3. The van der Waals surface area contributed by atoms with Gasteiger partial charge < -0.3 is 24.1 Å². The molecule has 1 saturated heterocycles. The van der Waals surface area contributed by atoms with Crippen molar-refractivity contribution in [2.75, 3.05) is 26.2 Å². The van der Waals surface area contributed by atoms with E-state index in [-0.39, 0.29) is 22.6 Å². The van der Waals surface area contributed by atoms with Gasteiger partial charge in [-0.2, -0.15) is 0 Å². The van der Waals surface area contributed by atoms with E-state index in [0.29, 0.717) is 50.8 Å². The summed E-state index contributed by atoms with van der Waals surface area (Å²) in [6.07, 6.45) is 0.625. The molecule has 9 nitrogen and oxygen atoms in total. The minimum Gasteiger partial charge on any atom is -0.507 e. The van der Waals surface area contributed by atoms with Crippen molar-refractivity contribution in [3.63, 3.8) is 0 Å².